The van der Waals surface area contributed by atoms with Gasteiger partial charge in [0.2, 0.25) is 0 Å². The van der Waals surface area contributed by atoms with Gasteiger partial charge in [-0.15, -0.1) is 0 Å². The summed E-state index contributed by atoms with van der Waals surface area (Å²) in [5.74, 6) is 1.19. The molecule has 0 radical (unpaired) electrons. The van der Waals surface area contributed by atoms with Crippen molar-refractivity contribution in [2.75, 3.05) is 0 Å². The Kier molecular flexibility index (Phi) is 5.92. The fourth-order valence-corrected chi connectivity index (χ4v) is 3.12. The molecule has 0 spiro atoms. The summed E-state index contributed by atoms with van der Waals surface area (Å²) >= 11 is 24.4. The monoisotopic (exact) mass is 412 g/mol. The van der Waals surface area contributed by atoms with E-state index in [0.717, 1.165) is 11.1 Å². The highest BCUT2D eigenvalue weighted by molar-refractivity contribution is 6.43. The van der Waals surface area contributed by atoms with Gasteiger partial charge in [-0.05, 0) is 36.4 Å². The van der Waals surface area contributed by atoms with Gasteiger partial charge in [0.25, 0.3) is 0 Å². The topological polar surface area (TPSA) is 37.5 Å². The molecule has 0 unspecified atom stereocenters. The van der Waals surface area contributed by atoms with Gasteiger partial charge in [-0.25, -0.2) is 0 Å². The van der Waals surface area contributed by atoms with Crippen LogP contribution in [0.2, 0.25) is 20.1 Å². The molecule has 3 nitrogen and oxygen atoms in total. The molecule has 0 amide bonds. The zero-order valence-electron chi connectivity index (χ0n) is 12.8. The van der Waals surface area contributed by atoms with Crippen LogP contribution in [-0.4, -0.2) is 6.21 Å². The standard InChI is InChI=1S/C18H12Cl4N2O/c19-14-4-2-5-15(20)13(14)10-24-23-9-11-7-8-17(25-11)12-3-1-6-16(21)18(12)22/h1-9,24H,10H2/b23-9-. The summed E-state index contributed by atoms with van der Waals surface area (Å²) in [6.07, 6.45) is 1.56. The van der Waals surface area contributed by atoms with Gasteiger partial charge in [0.05, 0.1) is 22.8 Å². The van der Waals surface area contributed by atoms with Gasteiger partial charge in [0, 0.05) is 21.2 Å². The van der Waals surface area contributed by atoms with Gasteiger partial charge >= 0.3 is 0 Å². The van der Waals surface area contributed by atoms with E-state index in [1.165, 1.54) is 0 Å². The number of halogens is 4. The van der Waals surface area contributed by atoms with Crippen LogP contribution in [0.4, 0.5) is 0 Å². The number of nitrogens with zero attached hydrogens (tertiary/aromatic N) is 1. The lowest BCUT2D eigenvalue weighted by Crippen LogP contribution is -2.06. The Balaban J connectivity index is 1.67. The predicted octanol–water partition coefficient (Wildman–Crippen LogP) is 6.68. The fraction of sp³-hybridized carbons (Fsp3) is 0.0556. The second-order valence-corrected chi connectivity index (χ2v) is 6.70. The Hall–Kier alpha value is -1.65. The first-order chi connectivity index (χ1) is 12.1. The minimum absolute atomic E-state index is 0.405. The second kappa shape index (κ2) is 8.15. The molecule has 0 aliphatic rings. The minimum atomic E-state index is 0.405. The van der Waals surface area contributed by atoms with Crippen molar-refractivity contribution < 1.29 is 4.42 Å². The lowest BCUT2D eigenvalue weighted by Gasteiger charge is -2.05. The van der Waals surface area contributed by atoms with E-state index in [2.05, 4.69) is 10.5 Å². The Morgan fingerprint density at radius 2 is 1.56 bits per heavy atom. The van der Waals surface area contributed by atoms with Crippen molar-refractivity contribution in [3.8, 4) is 11.3 Å². The van der Waals surface area contributed by atoms with Crippen LogP contribution in [0, 0.1) is 0 Å². The summed E-state index contributed by atoms with van der Waals surface area (Å²) in [4.78, 5) is 0. The van der Waals surface area contributed by atoms with Crippen molar-refractivity contribution in [3.63, 3.8) is 0 Å². The lowest BCUT2D eigenvalue weighted by molar-refractivity contribution is 0.573. The molecule has 0 aliphatic heterocycles. The first-order valence-electron chi connectivity index (χ1n) is 7.29. The Morgan fingerprint density at radius 3 is 2.32 bits per heavy atom. The number of furan rings is 1. The van der Waals surface area contributed by atoms with Crippen LogP contribution in [0.5, 0.6) is 0 Å². The maximum atomic E-state index is 6.20. The van der Waals surface area contributed by atoms with Crippen LogP contribution >= 0.6 is 46.4 Å². The summed E-state index contributed by atoms with van der Waals surface area (Å²) in [6, 6.07) is 14.3. The van der Waals surface area contributed by atoms with Crippen LogP contribution in [0.25, 0.3) is 11.3 Å². The third-order valence-corrected chi connectivity index (χ3v) is 4.97. The van der Waals surface area contributed by atoms with E-state index in [4.69, 9.17) is 50.8 Å². The number of hydrogen-bond donors (Lipinski definition) is 1. The van der Waals surface area contributed by atoms with Crippen molar-refractivity contribution in [3.05, 3.63) is 79.9 Å². The Morgan fingerprint density at radius 1 is 0.880 bits per heavy atom. The first-order valence-corrected chi connectivity index (χ1v) is 8.80. The van der Waals surface area contributed by atoms with E-state index in [0.29, 0.717) is 38.2 Å². The summed E-state index contributed by atoms with van der Waals surface area (Å²) < 4.78 is 5.72. The summed E-state index contributed by atoms with van der Waals surface area (Å²) in [6.45, 7) is 0.405. The van der Waals surface area contributed by atoms with Crippen molar-refractivity contribution >= 4 is 52.6 Å². The third-order valence-electron chi connectivity index (χ3n) is 3.44. The van der Waals surface area contributed by atoms with E-state index in [9.17, 15) is 0 Å². The SMILES string of the molecule is Clc1cccc(-c2ccc(/C=N\NCc3c(Cl)cccc3Cl)o2)c1Cl. The van der Waals surface area contributed by atoms with Gasteiger partial charge in [-0.3, -0.25) is 0 Å². The molecule has 0 aliphatic carbocycles. The zero-order valence-corrected chi connectivity index (χ0v) is 15.8. The van der Waals surface area contributed by atoms with Gasteiger partial charge in [0.15, 0.2) is 0 Å². The van der Waals surface area contributed by atoms with E-state index < -0.39 is 0 Å². The molecule has 128 valence electrons. The summed E-state index contributed by atoms with van der Waals surface area (Å²) in [5, 5.41) is 6.23. The fourth-order valence-electron chi connectivity index (χ4n) is 2.20. The van der Waals surface area contributed by atoms with Crippen LogP contribution in [0.15, 0.2) is 58.0 Å². The maximum absolute atomic E-state index is 6.20. The highest BCUT2D eigenvalue weighted by atomic mass is 35.5. The van der Waals surface area contributed by atoms with E-state index in [1.54, 1.807) is 36.5 Å². The number of rotatable bonds is 5. The van der Waals surface area contributed by atoms with E-state index >= 15 is 0 Å². The normalized spacial score (nSPS) is 11.2. The summed E-state index contributed by atoms with van der Waals surface area (Å²) in [5.41, 5.74) is 4.41. The minimum Gasteiger partial charge on any atom is -0.455 e. The molecule has 0 bridgehead atoms. The van der Waals surface area contributed by atoms with Crippen LogP contribution in [-0.2, 0) is 6.54 Å². The van der Waals surface area contributed by atoms with Crippen molar-refractivity contribution in [2.45, 2.75) is 6.54 Å². The molecular weight excluding hydrogens is 402 g/mol. The molecule has 7 heteroatoms. The molecule has 3 rings (SSSR count). The van der Waals surface area contributed by atoms with Gasteiger partial charge in [0.1, 0.15) is 11.5 Å². The van der Waals surface area contributed by atoms with Crippen molar-refractivity contribution in [2.24, 2.45) is 5.10 Å². The quantitative estimate of drug-likeness (QED) is 0.374. The highest BCUT2D eigenvalue weighted by Crippen LogP contribution is 2.34. The molecule has 3 aromatic rings. The molecule has 0 saturated heterocycles. The summed E-state index contributed by atoms with van der Waals surface area (Å²) in [7, 11) is 0. The molecule has 0 atom stereocenters. The smallest absolute Gasteiger partial charge is 0.147 e. The second-order valence-electron chi connectivity index (χ2n) is 5.10. The van der Waals surface area contributed by atoms with Crippen molar-refractivity contribution in [1.82, 2.24) is 5.43 Å². The molecule has 1 N–H and O–H groups in total. The van der Waals surface area contributed by atoms with Crippen LogP contribution < -0.4 is 5.43 Å². The highest BCUT2D eigenvalue weighted by Gasteiger charge is 2.10. The number of nitrogens with one attached hydrogen (secondary N) is 1. The average Bonchev–Trinajstić information content (AvgIpc) is 3.05. The molecule has 25 heavy (non-hydrogen) atoms. The Bertz CT molecular complexity index is 901. The largest absolute Gasteiger partial charge is 0.455 e. The van der Waals surface area contributed by atoms with E-state index in [1.807, 2.05) is 18.2 Å². The zero-order chi connectivity index (χ0) is 17.8. The third kappa shape index (κ3) is 4.31. The van der Waals surface area contributed by atoms with E-state index in [-0.39, 0.29) is 0 Å². The van der Waals surface area contributed by atoms with Crippen LogP contribution in [0.3, 0.4) is 0 Å². The molecular formula is C18H12Cl4N2O. The molecule has 1 heterocycles. The van der Waals surface area contributed by atoms with Gasteiger partial charge < -0.3 is 9.84 Å². The predicted molar refractivity (Wildman–Crippen MR) is 105 cm³/mol. The maximum Gasteiger partial charge on any atom is 0.147 e. The first kappa shape index (κ1) is 18.2. The van der Waals surface area contributed by atoms with Crippen LogP contribution in [0.1, 0.15) is 11.3 Å². The lowest BCUT2D eigenvalue weighted by atomic mass is 10.2. The molecule has 2 aromatic carbocycles. The van der Waals surface area contributed by atoms with Gasteiger partial charge in [-0.1, -0.05) is 58.5 Å². The molecule has 1 aromatic heterocycles. The number of hydrogen-bond acceptors (Lipinski definition) is 3. The Labute approximate surface area is 165 Å². The van der Waals surface area contributed by atoms with Gasteiger partial charge in [-0.2, -0.15) is 5.10 Å². The average molecular weight is 414 g/mol. The number of hydrazone groups is 1. The molecule has 0 saturated carbocycles. The molecule has 0 fully saturated rings. The van der Waals surface area contributed by atoms with Crippen molar-refractivity contribution in [1.29, 1.82) is 0 Å². The number of benzene rings is 2.